The minimum Gasteiger partial charge on any atom is -0.657 e. The molecule has 11 heteroatoms. The zero-order valence-corrected chi connectivity index (χ0v) is 25.1. The Morgan fingerprint density at radius 3 is 1.54 bits per heavy atom. The Hall–Kier alpha value is -4.76. The molecule has 1 radical (unpaired) electrons. The van der Waals surface area contributed by atoms with Gasteiger partial charge >= 0.3 is 28.4 Å². The fourth-order valence-corrected chi connectivity index (χ4v) is 5.59. The van der Waals surface area contributed by atoms with E-state index in [0.717, 1.165) is 0 Å². The zero-order chi connectivity index (χ0) is 31.3. The molecule has 5 nitrogen and oxygen atoms in total. The van der Waals surface area contributed by atoms with Crippen molar-refractivity contribution in [2.75, 3.05) is 0 Å². The number of halogens is 5. The van der Waals surface area contributed by atoms with Crippen molar-refractivity contribution in [3.8, 4) is 22.3 Å². The average Bonchev–Trinajstić information content (AvgIpc) is 3.85. The third-order valence-corrected chi connectivity index (χ3v) is 7.80. The van der Waals surface area contributed by atoms with Gasteiger partial charge in [-0.1, -0.05) is 84.9 Å². The van der Waals surface area contributed by atoms with Crippen LogP contribution in [0.4, 0.5) is 17.6 Å². The molecule has 2 aromatic carbocycles. The van der Waals surface area contributed by atoms with Gasteiger partial charge in [-0.3, -0.25) is 4.79 Å². The molecule has 5 heterocycles. The molecule has 0 saturated heterocycles. The minimum atomic E-state index is -4.95. The van der Waals surface area contributed by atoms with Crippen LogP contribution in [0.2, 0.25) is 0 Å². The molecule has 0 saturated carbocycles. The predicted molar refractivity (Wildman–Crippen MR) is 168 cm³/mol. The van der Waals surface area contributed by atoms with Crippen molar-refractivity contribution >= 4 is 64.3 Å². The molecule has 0 aliphatic carbocycles. The largest absolute Gasteiger partial charge is 2.00 e. The van der Waals surface area contributed by atoms with Crippen molar-refractivity contribution in [2.24, 2.45) is 0 Å². The fourth-order valence-electron chi connectivity index (χ4n) is 5.49. The van der Waals surface area contributed by atoms with Gasteiger partial charge in [0.2, 0.25) is 0 Å². The Bertz CT molecular complexity index is 2170. The van der Waals surface area contributed by atoms with E-state index in [-0.39, 0.29) is 33.8 Å². The van der Waals surface area contributed by atoms with E-state index in [2.05, 4.69) is 9.97 Å². The third-order valence-electron chi connectivity index (χ3n) is 7.56. The van der Waals surface area contributed by atoms with Crippen molar-refractivity contribution in [1.82, 2.24) is 19.9 Å². The second kappa shape index (κ2) is 11.9. The molecule has 0 spiro atoms. The molecule has 2 aliphatic rings. The monoisotopic (exact) mass is 685 g/mol. The molecule has 231 valence electrons. The minimum absolute atomic E-state index is 0. The van der Waals surface area contributed by atoms with Crippen LogP contribution in [-0.4, -0.2) is 21.6 Å². The van der Waals surface area contributed by atoms with Gasteiger partial charge in [0.05, 0.1) is 22.8 Å². The molecule has 8 bridgehead atoms. The molecule has 7 rings (SSSR count). The number of rotatable bonds is 5. The number of carbonyl (C=O) groups is 1. The van der Waals surface area contributed by atoms with Crippen LogP contribution in [-0.2, 0) is 23.0 Å². The molecule has 0 N–H and O–H groups in total. The SMILES string of the molecule is O=Cc1c2nc(c(-c3ccccc3)c3ccc([n-]3)c(C(F)(F)C(F)(F)Cl)c3nc(c(-c4ccccc4)c4ccc1[n-]4)C=C3)C=C2.[Cu+2]. The van der Waals surface area contributed by atoms with Gasteiger partial charge < -0.3 is 9.97 Å². The van der Waals surface area contributed by atoms with Gasteiger partial charge in [0, 0.05) is 11.1 Å². The standard InChI is InChI=1S/C35H20ClF4N4O.Cu/c36-35(39,40)34(37,38)33-29-17-15-27(43-29)31(20-7-3-1-4-8-20)25-13-11-23(41-25)22(19-45)24-12-14-26(42-24)32(21-9-5-2-6-10-21)28-16-18-30(33)44-28;/h1-19H,(H-,41,42,43,44,45);/q-1;+2/p-1. The van der Waals surface area contributed by atoms with Gasteiger partial charge in [-0.05, 0) is 58.2 Å². The first-order valence-corrected chi connectivity index (χ1v) is 14.1. The number of aldehydes is 1. The van der Waals surface area contributed by atoms with Gasteiger partial charge in [0.1, 0.15) is 0 Å². The summed E-state index contributed by atoms with van der Waals surface area (Å²) < 4.78 is 60.2. The number of benzene rings is 2. The third kappa shape index (κ3) is 5.28. The van der Waals surface area contributed by atoms with Crippen LogP contribution in [0.15, 0.2) is 84.9 Å². The Kier molecular flexibility index (Phi) is 8.06. The Balaban J connectivity index is 0.00000372. The van der Waals surface area contributed by atoms with Crippen molar-refractivity contribution in [3.63, 3.8) is 0 Å². The van der Waals surface area contributed by atoms with Crippen molar-refractivity contribution in [1.29, 1.82) is 0 Å². The summed E-state index contributed by atoms with van der Waals surface area (Å²) in [6, 6.07) is 23.9. The summed E-state index contributed by atoms with van der Waals surface area (Å²) >= 11 is 5.04. The number of alkyl halides is 5. The summed E-state index contributed by atoms with van der Waals surface area (Å²) in [6.45, 7) is 0. The van der Waals surface area contributed by atoms with Crippen LogP contribution >= 0.6 is 11.6 Å². The van der Waals surface area contributed by atoms with Crippen molar-refractivity contribution in [3.05, 3.63) is 119 Å². The number of carbonyl (C=O) groups excluding carboxylic acids is 1. The molecule has 0 atom stereocenters. The van der Waals surface area contributed by atoms with Gasteiger partial charge in [0.25, 0.3) is 0 Å². The molecule has 0 fully saturated rings. The van der Waals surface area contributed by atoms with Gasteiger partial charge in [0.15, 0.2) is 6.29 Å². The maximum Gasteiger partial charge on any atom is 2.00 e. The van der Waals surface area contributed by atoms with Crippen LogP contribution in [0.3, 0.4) is 0 Å². The van der Waals surface area contributed by atoms with Gasteiger partial charge in [-0.25, -0.2) is 9.97 Å². The van der Waals surface area contributed by atoms with E-state index in [1.54, 1.807) is 84.9 Å². The summed E-state index contributed by atoms with van der Waals surface area (Å²) in [4.78, 5) is 30.7. The first-order valence-electron chi connectivity index (χ1n) is 13.7. The average molecular weight is 687 g/mol. The second-order valence-corrected chi connectivity index (χ2v) is 10.8. The summed E-state index contributed by atoms with van der Waals surface area (Å²) in [7, 11) is 0. The van der Waals surface area contributed by atoms with Gasteiger partial charge in [-0.15, -0.1) is 22.1 Å². The summed E-state index contributed by atoms with van der Waals surface area (Å²) in [5.74, 6) is -4.86. The molecule has 5 aromatic rings. The molecular weight excluding hydrogens is 667 g/mol. The normalized spacial score (nSPS) is 12.6. The molecule has 46 heavy (non-hydrogen) atoms. The second-order valence-electron chi connectivity index (χ2n) is 10.3. The zero-order valence-electron chi connectivity index (χ0n) is 23.4. The Morgan fingerprint density at radius 2 is 1.02 bits per heavy atom. The van der Waals surface area contributed by atoms with Crippen LogP contribution in [0.25, 0.3) is 68.6 Å². The maximum absolute atomic E-state index is 15.6. The first-order chi connectivity index (χ1) is 21.7. The smallest absolute Gasteiger partial charge is 0.657 e. The number of aromatic nitrogens is 4. The number of hydrogen-bond acceptors (Lipinski definition) is 3. The van der Waals surface area contributed by atoms with E-state index in [4.69, 9.17) is 21.6 Å². The number of hydrogen-bond donors (Lipinski definition) is 0. The molecule has 2 aliphatic heterocycles. The quantitative estimate of drug-likeness (QED) is 0.0783. The Labute approximate surface area is 275 Å². The topological polar surface area (TPSA) is 71.1 Å². The predicted octanol–water partition coefficient (Wildman–Crippen LogP) is 8.98. The number of nitrogens with zero attached hydrogens (tertiary/aromatic N) is 4. The van der Waals surface area contributed by atoms with Crippen molar-refractivity contribution < 1.29 is 39.4 Å². The molecular formula is C35H19ClCuF4N4O. The van der Waals surface area contributed by atoms with E-state index < -0.39 is 28.1 Å². The van der Waals surface area contributed by atoms with E-state index in [1.165, 1.54) is 24.3 Å². The fraction of sp³-hybridized carbons (Fsp3) is 0.0571. The van der Waals surface area contributed by atoms with E-state index in [9.17, 15) is 13.6 Å². The van der Waals surface area contributed by atoms with Crippen LogP contribution in [0, 0.1) is 0 Å². The van der Waals surface area contributed by atoms with Crippen LogP contribution in [0.5, 0.6) is 0 Å². The van der Waals surface area contributed by atoms with Crippen molar-refractivity contribution in [2.45, 2.75) is 11.3 Å². The van der Waals surface area contributed by atoms with E-state index >= 15 is 8.78 Å². The van der Waals surface area contributed by atoms with Gasteiger partial charge in [-0.2, -0.15) is 17.6 Å². The molecule has 3 aromatic heterocycles. The van der Waals surface area contributed by atoms with E-state index in [0.29, 0.717) is 51.0 Å². The van der Waals surface area contributed by atoms with E-state index in [1.807, 2.05) is 0 Å². The van der Waals surface area contributed by atoms with Crippen LogP contribution < -0.4 is 9.97 Å². The molecule has 0 amide bonds. The summed E-state index contributed by atoms with van der Waals surface area (Å²) in [5.41, 5.74) is 2.28. The Morgan fingerprint density at radius 1 is 0.587 bits per heavy atom. The maximum atomic E-state index is 15.6. The molecule has 0 unspecified atom stereocenters. The number of fused-ring (bicyclic) bond motifs is 8. The first kappa shape index (κ1) is 31.2. The summed E-state index contributed by atoms with van der Waals surface area (Å²) in [6.07, 6.45) is 6.70. The summed E-state index contributed by atoms with van der Waals surface area (Å²) in [5, 5.41) is -4.95. The van der Waals surface area contributed by atoms with Crippen LogP contribution in [0.1, 0.15) is 38.7 Å².